The predicted octanol–water partition coefficient (Wildman–Crippen LogP) is 5.69. The van der Waals surface area contributed by atoms with Crippen LogP contribution in [0, 0.1) is 5.92 Å². The summed E-state index contributed by atoms with van der Waals surface area (Å²) in [6, 6.07) is 12.9. The van der Waals surface area contributed by atoms with E-state index in [-0.39, 0.29) is 18.2 Å². The van der Waals surface area contributed by atoms with Crippen molar-refractivity contribution in [3.63, 3.8) is 0 Å². The number of rotatable bonds is 3. The average molecular weight is 550 g/mol. The molecule has 206 valence electrons. The number of nitrogens with zero attached hydrogens (tertiary/aromatic N) is 5. The molecule has 1 unspecified atom stereocenters. The predicted molar refractivity (Wildman–Crippen MR) is 154 cm³/mol. The van der Waals surface area contributed by atoms with Crippen molar-refractivity contribution in [3.05, 3.63) is 52.7 Å². The Balaban J connectivity index is 1.31. The standard InChI is InChI=1S/C30H36ClN5O3/c1-18-14-20-15-35(17-25(18)36(20)29(37)39-30(2,3)4)27-21-12-13-34(16-23(21)32-28(33-27)38-5)24-11-7-9-19-8-6-10-22(31)26(19)24/h6-11,18,20,25H,12-17H2,1-5H3/t18-,20?,25+/m0/s1. The maximum atomic E-state index is 13.1. The van der Waals surface area contributed by atoms with Gasteiger partial charge in [-0.1, -0.05) is 42.8 Å². The largest absolute Gasteiger partial charge is 0.467 e. The molecule has 1 aromatic heterocycles. The summed E-state index contributed by atoms with van der Waals surface area (Å²) in [6.45, 7) is 10.9. The van der Waals surface area contributed by atoms with Gasteiger partial charge in [0.1, 0.15) is 11.4 Å². The van der Waals surface area contributed by atoms with Gasteiger partial charge in [-0.2, -0.15) is 9.97 Å². The van der Waals surface area contributed by atoms with E-state index in [0.29, 0.717) is 25.0 Å². The van der Waals surface area contributed by atoms with E-state index in [9.17, 15) is 4.79 Å². The normalized spacial score (nSPS) is 22.7. The van der Waals surface area contributed by atoms with E-state index in [1.165, 1.54) is 0 Å². The zero-order valence-electron chi connectivity index (χ0n) is 23.3. The third kappa shape index (κ3) is 4.73. The van der Waals surface area contributed by atoms with Crippen molar-refractivity contribution in [1.82, 2.24) is 14.9 Å². The van der Waals surface area contributed by atoms with E-state index >= 15 is 0 Å². The second kappa shape index (κ2) is 9.73. The van der Waals surface area contributed by atoms with Gasteiger partial charge in [0.25, 0.3) is 0 Å². The molecule has 0 saturated carbocycles. The lowest BCUT2D eigenvalue weighted by Crippen LogP contribution is -2.58. The van der Waals surface area contributed by atoms with Crippen molar-refractivity contribution >= 4 is 40.0 Å². The summed E-state index contributed by atoms with van der Waals surface area (Å²) < 4.78 is 11.3. The maximum absolute atomic E-state index is 13.1. The summed E-state index contributed by atoms with van der Waals surface area (Å²) in [4.78, 5) is 29.4. The Bertz CT molecular complexity index is 1420. The van der Waals surface area contributed by atoms with Gasteiger partial charge < -0.3 is 19.3 Å². The molecule has 6 rings (SSSR count). The molecule has 2 saturated heterocycles. The van der Waals surface area contributed by atoms with Crippen LogP contribution < -0.4 is 14.5 Å². The van der Waals surface area contributed by atoms with Gasteiger partial charge in [0.05, 0.1) is 36.5 Å². The van der Waals surface area contributed by atoms with Crippen LogP contribution >= 0.6 is 11.6 Å². The van der Waals surface area contributed by atoms with Gasteiger partial charge in [-0.3, -0.25) is 4.90 Å². The lowest BCUT2D eigenvalue weighted by molar-refractivity contribution is 0.0107. The molecule has 0 radical (unpaired) electrons. The number of carbonyl (C=O) groups excluding carboxylic acids is 1. The third-order valence-corrected chi connectivity index (χ3v) is 8.49. The summed E-state index contributed by atoms with van der Waals surface area (Å²) in [5.74, 6) is 1.32. The topological polar surface area (TPSA) is 71.0 Å². The Morgan fingerprint density at radius 3 is 2.56 bits per heavy atom. The first-order valence-electron chi connectivity index (χ1n) is 13.7. The van der Waals surface area contributed by atoms with Crippen molar-refractivity contribution in [2.75, 3.05) is 36.5 Å². The summed E-state index contributed by atoms with van der Waals surface area (Å²) in [6.07, 6.45) is 1.56. The van der Waals surface area contributed by atoms with Crippen molar-refractivity contribution < 1.29 is 14.3 Å². The van der Waals surface area contributed by atoms with Crippen LogP contribution in [0.5, 0.6) is 6.01 Å². The number of aromatic nitrogens is 2. The van der Waals surface area contributed by atoms with Crippen LogP contribution in [-0.2, 0) is 17.7 Å². The fraction of sp³-hybridized carbons (Fsp3) is 0.500. The minimum atomic E-state index is -0.518. The highest BCUT2D eigenvalue weighted by atomic mass is 35.5. The zero-order valence-corrected chi connectivity index (χ0v) is 24.0. The van der Waals surface area contributed by atoms with Gasteiger partial charge >= 0.3 is 12.1 Å². The number of anilines is 2. The monoisotopic (exact) mass is 549 g/mol. The van der Waals surface area contributed by atoms with Crippen LogP contribution in [-0.4, -0.2) is 65.4 Å². The summed E-state index contributed by atoms with van der Waals surface area (Å²) in [7, 11) is 1.61. The van der Waals surface area contributed by atoms with Gasteiger partial charge in [0.2, 0.25) is 0 Å². The minimum absolute atomic E-state index is 0.0770. The van der Waals surface area contributed by atoms with E-state index in [1.54, 1.807) is 7.11 Å². The highest BCUT2D eigenvalue weighted by Crippen LogP contribution is 2.40. The fourth-order valence-electron chi connectivity index (χ4n) is 6.49. The van der Waals surface area contributed by atoms with Gasteiger partial charge in [-0.15, -0.1) is 0 Å². The summed E-state index contributed by atoms with van der Waals surface area (Å²) in [5.41, 5.74) is 2.73. The Morgan fingerprint density at radius 1 is 1.08 bits per heavy atom. The number of ether oxygens (including phenoxy) is 2. The molecule has 0 spiro atoms. The van der Waals surface area contributed by atoms with Crippen molar-refractivity contribution in [2.45, 2.75) is 64.8 Å². The van der Waals surface area contributed by atoms with Gasteiger partial charge in [0, 0.05) is 36.3 Å². The molecule has 0 aliphatic carbocycles. The van der Waals surface area contributed by atoms with Crippen LogP contribution in [0.25, 0.3) is 10.8 Å². The number of carbonyl (C=O) groups is 1. The van der Waals surface area contributed by atoms with Gasteiger partial charge in [0.15, 0.2) is 0 Å². The lowest BCUT2D eigenvalue weighted by Gasteiger charge is -2.43. The highest BCUT2D eigenvalue weighted by molar-refractivity contribution is 6.36. The zero-order chi connectivity index (χ0) is 27.5. The first-order valence-corrected chi connectivity index (χ1v) is 14.1. The quantitative estimate of drug-likeness (QED) is 0.415. The van der Waals surface area contributed by atoms with Gasteiger partial charge in [-0.05, 0) is 57.0 Å². The number of halogens is 1. The van der Waals surface area contributed by atoms with E-state index in [0.717, 1.165) is 64.5 Å². The Kier molecular flexibility index (Phi) is 6.49. The summed E-state index contributed by atoms with van der Waals surface area (Å²) in [5, 5.41) is 2.94. The van der Waals surface area contributed by atoms with Crippen LogP contribution in [0.4, 0.5) is 16.3 Å². The van der Waals surface area contributed by atoms with Crippen molar-refractivity contribution in [3.8, 4) is 6.01 Å². The Hall–Kier alpha value is -3.26. The van der Waals surface area contributed by atoms with E-state index in [4.69, 9.17) is 31.0 Å². The molecule has 2 fully saturated rings. The first kappa shape index (κ1) is 26.0. The maximum Gasteiger partial charge on any atom is 0.410 e. The Morgan fingerprint density at radius 2 is 1.85 bits per heavy atom. The molecule has 8 nitrogen and oxygen atoms in total. The SMILES string of the molecule is COc1nc2c(c(N3CC4C[C@H](C)[C@@H](C3)N4C(=O)OC(C)(C)C)n1)CCN(c1cccc3cccc(Cl)c13)C2. The molecule has 3 aromatic rings. The van der Waals surface area contributed by atoms with Crippen LogP contribution in [0.15, 0.2) is 36.4 Å². The number of fused-ring (bicyclic) bond motifs is 4. The number of amides is 1. The number of hydrogen-bond donors (Lipinski definition) is 0. The minimum Gasteiger partial charge on any atom is -0.467 e. The molecular weight excluding hydrogens is 514 g/mol. The number of hydrogen-bond acceptors (Lipinski definition) is 7. The molecular formula is C30H36ClN5O3. The molecule has 3 aliphatic rings. The van der Waals surface area contributed by atoms with Gasteiger partial charge in [-0.25, -0.2) is 4.79 Å². The highest BCUT2D eigenvalue weighted by Gasteiger charge is 2.49. The molecule has 1 amide bonds. The number of piperazine rings is 1. The molecule has 4 heterocycles. The second-order valence-electron chi connectivity index (χ2n) is 12.0. The smallest absolute Gasteiger partial charge is 0.410 e. The number of benzene rings is 2. The van der Waals surface area contributed by atoms with Crippen LogP contribution in [0.3, 0.4) is 0 Å². The average Bonchev–Trinajstić information content (AvgIpc) is 3.10. The molecule has 2 aromatic carbocycles. The van der Waals surface area contributed by atoms with Crippen molar-refractivity contribution in [2.24, 2.45) is 5.92 Å². The molecule has 3 atom stereocenters. The number of methoxy groups -OCH3 is 1. The fourth-order valence-corrected chi connectivity index (χ4v) is 6.77. The van der Waals surface area contributed by atoms with Crippen molar-refractivity contribution in [1.29, 1.82) is 0 Å². The molecule has 2 bridgehead atoms. The first-order chi connectivity index (χ1) is 18.6. The van der Waals surface area contributed by atoms with E-state index < -0.39 is 5.60 Å². The molecule has 39 heavy (non-hydrogen) atoms. The molecule has 0 N–H and O–H groups in total. The summed E-state index contributed by atoms with van der Waals surface area (Å²) >= 11 is 6.65. The van der Waals surface area contributed by atoms with E-state index in [2.05, 4.69) is 41.0 Å². The van der Waals surface area contributed by atoms with Crippen LogP contribution in [0.2, 0.25) is 5.02 Å². The lowest BCUT2D eigenvalue weighted by atomic mass is 10.0. The second-order valence-corrected chi connectivity index (χ2v) is 12.4. The van der Waals surface area contributed by atoms with E-state index in [1.807, 2.05) is 37.8 Å². The van der Waals surface area contributed by atoms with Crippen LogP contribution in [0.1, 0.15) is 45.4 Å². The Labute approximate surface area is 234 Å². The molecule has 3 aliphatic heterocycles. The third-order valence-electron chi connectivity index (χ3n) is 8.17. The molecule has 9 heteroatoms.